The minimum atomic E-state index is -0.794. The molecule has 8 nitrogen and oxygen atoms in total. The fourth-order valence-corrected chi connectivity index (χ4v) is 3.41. The number of nitrogens with zero attached hydrogens (tertiary/aromatic N) is 3. The molecule has 1 saturated heterocycles. The Morgan fingerprint density at radius 1 is 1.13 bits per heavy atom. The van der Waals surface area contributed by atoms with Gasteiger partial charge in [0.1, 0.15) is 5.82 Å². The van der Waals surface area contributed by atoms with Gasteiger partial charge >= 0.3 is 5.69 Å². The predicted molar refractivity (Wildman–Crippen MR) is 111 cm³/mol. The van der Waals surface area contributed by atoms with Crippen molar-refractivity contribution in [2.45, 2.75) is 25.5 Å². The SMILES string of the molecule is O=C(NC[C@H]1CCCO1)c1nn(-c2ccc(F)cc2)c(=O)n(Cc2ccccc2)c1=O. The number of nitrogens with one attached hydrogen (secondary N) is 1. The molecule has 1 amide bonds. The van der Waals surface area contributed by atoms with Gasteiger partial charge in [-0.1, -0.05) is 30.3 Å². The van der Waals surface area contributed by atoms with Crippen LogP contribution >= 0.6 is 0 Å². The van der Waals surface area contributed by atoms with Crippen molar-refractivity contribution in [3.63, 3.8) is 0 Å². The third-order valence-electron chi connectivity index (χ3n) is 5.04. The Labute approximate surface area is 176 Å². The molecule has 2 aromatic carbocycles. The molecule has 1 aromatic heterocycles. The third-order valence-corrected chi connectivity index (χ3v) is 5.04. The van der Waals surface area contributed by atoms with E-state index in [2.05, 4.69) is 10.4 Å². The van der Waals surface area contributed by atoms with Gasteiger partial charge in [0.15, 0.2) is 0 Å². The van der Waals surface area contributed by atoms with Gasteiger partial charge in [-0.2, -0.15) is 9.78 Å². The van der Waals surface area contributed by atoms with Crippen LogP contribution in [0.1, 0.15) is 28.9 Å². The molecule has 4 rings (SSSR count). The second-order valence-electron chi connectivity index (χ2n) is 7.24. The second kappa shape index (κ2) is 9.05. The topological polar surface area (TPSA) is 95.2 Å². The Morgan fingerprint density at radius 3 is 2.55 bits per heavy atom. The number of halogens is 1. The van der Waals surface area contributed by atoms with Crippen molar-refractivity contribution in [3.8, 4) is 5.69 Å². The summed E-state index contributed by atoms with van der Waals surface area (Å²) in [4.78, 5) is 38.8. The molecule has 1 N–H and O–H groups in total. The normalized spacial score (nSPS) is 15.7. The molecule has 9 heteroatoms. The first kappa shape index (κ1) is 20.7. The zero-order valence-electron chi connectivity index (χ0n) is 16.7. The van der Waals surface area contributed by atoms with Gasteiger partial charge in [0.25, 0.3) is 11.5 Å². The van der Waals surface area contributed by atoms with Crippen molar-refractivity contribution in [3.05, 3.63) is 92.5 Å². The first-order valence-corrected chi connectivity index (χ1v) is 9.97. The van der Waals surface area contributed by atoms with Crippen LogP contribution in [0.2, 0.25) is 0 Å². The van der Waals surface area contributed by atoms with E-state index in [-0.39, 0.29) is 24.9 Å². The lowest BCUT2D eigenvalue weighted by molar-refractivity contribution is 0.0849. The lowest BCUT2D eigenvalue weighted by Crippen LogP contribution is -2.46. The van der Waals surface area contributed by atoms with Crippen LogP contribution < -0.4 is 16.6 Å². The standard InChI is InChI=1S/C22H21FN4O4/c23-16-8-10-17(11-9-16)27-22(30)26(14-15-5-2-1-3-6-15)21(29)19(25-27)20(28)24-13-18-7-4-12-31-18/h1-3,5-6,8-11,18H,4,7,12-14H2,(H,24,28)/t18-/m1/s1. The molecule has 0 radical (unpaired) electrons. The van der Waals surface area contributed by atoms with Crippen molar-refractivity contribution >= 4 is 5.91 Å². The monoisotopic (exact) mass is 424 g/mol. The highest BCUT2D eigenvalue weighted by Gasteiger charge is 2.22. The maximum absolute atomic E-state index is 13.4. The van der Waals surface area contributed by atoms with Gasteiger partial charge in [-0.25, -0.2) is 9.18 Å². The molecule has 1 aliphatic rings. The van der Waals surface area contributed by atoms with Crippen LogP contribution in [0.15, 0.2) is 64.2 Å². The zero-order valence-corrected chi connectivity index (χ0v) is 16.7. The number of benzene rings is 2. The van der Waals surface area contributed by atoms with Crippen LogP contribution in [0.4, 0.5) is 4.39 Å². The van der Waals surface area contributed by atoms with Gasteiger partial charge in [0.05, 0.1) is 18.3 Å². The van der Waals surface area contributed by atoms with E-state index >= 15 is 0 Å². The highest BCUT2D eigenvalue weighted by molar-refractivity contribution is 5.91. The van der Waals surface area contributed by atoms with Gasteiger partial charge in [-0.15, -0.1) is 0 Å². The maximum Gasteiger partial charge on any atom is 0.352 e. The molecular formula is C22H21FN4O4. The highest BCUT2D eigenvalue weighted by Crippen LogP contribution is 2.11. The molecule has 2 heterocycles. The maximum atomic E-state index is 13.4. The molecule has 1 fully saturated rings. The Hall–Kier alpha value is -3.59. The van der Waals surface area contributed by atoms with Crippen LogP contribution in [0.25, 0.3) is 5.69 Å². The van der Waals surface area contributed by atoms with E-state index in [4.69, 9.17) is 4.74 Å². The molecule has 160 valence electrons. The van der Waals surface area contributed by atoms with E-state index < -0.39 is 28.7 Å². The first-order valence-electron chi connectivity index (χ1n) is 9.97. The zero-order chi connectivity index (χ0) is 21.8. The Bertz CT molecular complexity index is 1180. The van der Waals surface area contributed by atoms with Gasteiger partial charge in [0, 0.05) is 13.2 Å². The summed E-state index contributed by atoms with van der Waals surface area (Å²) in [5, 5.41) is 6.68. The van der Waals surface area contributed by atoms with Gasteiger partial charge in [0.2, 0.25) is 5.69 Å². The molecule has 0 unspecified atom stereocenters. The molecule has 0 saturated carbocycles. The number of carbonyl (C=O) groups excluding carboxylic acids is 1. The van der Waals surface area contributed by atoms with Crippen molar-refractivity contribution < 1.29 is 13.9 Å². The Morgan fingerprint density at radius 2 is 1.87 bits per heavy atom. The van der Waals surface area contributed by atoms with Crippen molar-refractivity contribution in [1.82, 2.24) is 19.7 Å². The second-order valence-corrected chi connectivity index (χ2v) is 7.24. The average molecular weight is 424 g/mol. The average Bonchev–Trinajstić information content (AvgIpc) is 3.30. The number of rotatable bonds is 6. The summed E-state index contributed by atoms with van der Waals surface area (Å²) in [7, 11) is 0. The summed E-state index contributed by atoms with van der Waals surface area (Å²) >= 11 is 0. The minimum absolute atomic E-state index is 0.0335. The van der Waals surface area contributed by atoms with Crippen LogP contribution in [-0.2, 0) is 11.3 Å². The fraction of sp³-hybridized carbons (Fsp3) is 0.273. The largest absolute Gasteiger partial charge is 0.376 e. The molecule has 0 bridgehead atoms. The number of hydrogen-bond acceptors (Lipinski definition) is 5. The summed E-state index contributed by atoms with van der Waals surface area (Å²) < 4.78 is 20.7. The van der Waals surface area contributed by atoms with Gasteiger partial charge < -0.3 is 10.1 Å². The molecule has 31 heavy (non-hydrogen) atoms. The number of amides is 1. The van der Waals surface area contributed by atoms with Crippen LogP contribution in [0.5, 0.6) is 0 Å². The van der Waals surface area contributed by atoms with Crippen LogP contribution in [0, 0.1) is 5.82 Å². The van der Waals surface area contributed by atoms with E-state index in [0.29, 0.717) is 12.2 Å². The quantitative estimate of drug-likeness (QED) is 0.647. The summed E-state index contributed by atoms with van der Waals surface area (Å²) in [6.07, 6.45) is 1.62. The summed E-state index contributed by atoms with van der Waals surface area (Å²) in [5.41, 5.74) is -0.989. The number of ether oxygens (including phenoxy) is 1. The molecular weight excluding hydrogens is 403 g/mol. The lowest BCUT2D eigenvalue weighted by atomic mass is 10.2. The molecule has 0 aliphatic carbocycles. The third kappa shape index (κ3) is 4.61. The van der Waals surface area contributed by atoms with Gasteiger partial charge in [-0.05, 0) is 42.7 Å². The van der Waals surface area contributed by atoms with E-state index in [9.17, 15) is 18.8 Å². The summed E-state index contributed by atoms with van der Waals surface area (Å²) in [6, 6.07) is 14.0. The Balaban J connectivity index is 1.75. The van der Waals surface area contributed by atoms with E-state index in [1.165, 1.54) is 24.3 Å². The summed E-state index contributed by atoms with van der Waals surface area (Å²) in [6.45, 7) is 0.848. The lowest BCUT2D eigenvalue weighted by Gasteiger charge is -2.13. The summed E-state index contributed by atoms with van der Waals surface area (Å²) in [5.74, 6) is -1.18. The van der Waals surface area contributed by atoms with Gasteiger partial charge in [-0.3, -0.25) is 14.2 Å². The Kier molecular flexibility index (Phi) is 6.03. The number of carbonyl (C=O) groups is 1. The highest BCUT2D eigenvalue weighted by atomic mass is 19.1. The van der Waals surface area contributed by atoms with Crippen molar-refractivity contribution in [2.24, 2.45) is 0 Å². The number of aromatic nitrogens is 3. The van der Waals surface area contributed by atoms with Crippen molar-refractivity contribution in [1.29, 1.82) is 0 Å². The molecule has 3 aromatic rings. The smallest absolute Gasteiger partial charge is 0.352 e. The van der Waals surface area contributed by atoms with E-state index in [1.54, 1.807) is 24.3 Å². The van der Waals surface area contributed by atoms with Crippen LogP contribution in [0.3, 0.4) is 0 Å². The minimum Gasteiger partial charge on any atom is -0.376 e. The molecule has 1 aliphatic heterocycles. The van der Waals surface area contributed by atoms with E-state index in [0.717, 1.165) is 22.1 Å². The van der Waals surface area contributed by atoms with E-state index in [1.807, 2.05) is 6.07 Å². The van der Waals surface area contributed by atoms with Crippen molar-refractivity contribution in [2.75, 3.05) is 13.2 Å². The molecule has 1 atom stereocenters. The predicted octanol–water partition coefficient (Wildman–Crippen LogP) is 1.49. The fourth-order valence-electron chi connectivity index (χ4n) is 3.41. The first-order chi connectivity index (χ1) is 15.0. The van der Waals surface area contributed by atoms with Crippen LogP contribution in [-0.4, -0.2) is 39.5 Å². The molecule has 0 spiro atoms. The number of hydrogen-bond donors (Lipinski definition) is 1.